The predicted octanol–water partition coefficient (Wildman–Crippen LogP) is 3.47. The van der Waals surface area contributed by atoms with Gasteiger partial charge in [0, 0.05) is 17.1 Å². The maximum atomic E-state index is 5.94. The highest BCUT2D eigenvalue weighted by Crippen LogP contribution is 2.48. The van der Waals surface area contributed by atoms with E-state index in [1.54, 1.807) is 0 Å². The van der Waals surface area contributed by atoms with Crippen LogP contribution in [0, 0.1) is 17.8 Å². The second kappa shape index (κ2) is 5.94. The van der Waals surface area contributed by atoms with Gasteiger partial charge in [-0.3, -0.25) is 0 Å². The van der Waals surface area contributed by atoms with E-state index < -0.39 is 0 Å². The number of nitrogens with one attached hydrogen (secondary N) is 1. The Morgan fingerprint density at radius 2 is 1.68 bits per heavy atom. The van der Waals surface area contributed by atoms with Crippen molar-refractivity contribution < 1.29 is 0 Å². The van der Waals surface area contributed by atoms with E-state index >= 15 is 0 Å². The maximum Gasteiger partial charge on any atom is 0.0444 e. The number of nitrogens with two attached hydrogens (primary N) is 1. The summed E-state index contributed by atoms with van der Waals surface area (Å²) in [7, 11) is 0. The summed E-state index contributed by atoms with van der Waals surface area (Å²) < 4.78 is 1.13. The third kappa shape index (κ3) is 3.59. The number of halogens is 1. The van der Waals surface area contributed by atoms with Crippen LogP contribution in [0.1, 0.15) is 37.3 Å². The van der Waals surface area contributed by atoms with Crippen LogP contribution >= 0.6 is 15.9 Å². The molecule has 19 heavy (non-hydrogen) atoms. The van der Waals surface area contributed by atoms with Crippen molar-refractivity contribution in [3.05, 3.63) is 34.3 Å². The molecule has 0 aliphatic heterocycles. The molecule has 0 amide bonds. The molecule has 1 unspecified atom stereocenters. The number of hydrogen-bond acceptors (Lipinski definition) is 2. The summed E-state index contributed by atoms with van der Waals surface area (Å²) in [5, 5.41) is 3.71. The highest BCUT2D eigenvalue weighted by atomic mass is 79.9. The number of benzene rings is 1. The Hall–Kier alpha value is -0.380. The van der Waals surface area contributed by atoms with Gasteiger partial charge in [0.1, 0.15) is 0 Å². The zero-order chi connectivity index (χ0) is 13.2. The molecule has 2 aliphatic carbocycles. The van der Waals surface area contributed by atoms with Crippen LogP contribution in [0.5, 0.6) is 0 Å². The van der Waals surface area contributed by atoms with Crippen molar-refractivity contribution in [3.63, 3.8) is 0 Å². The van der Waals surface area contributed by atoms with Crippen molar-refractivity contribution in [1.29, 1.82) is 0 Å². The second-order valence-electron chi connectivity index (χ2n) is 6.09. The Morgan fingerprint density at radius 3 is 2.16 bits per heavy atom. The molecule has 1 atom stereocenters. The van der Waals surface area contributed by atoms with Crippen LogP contribution in [0.3, 0.4) is 0 Å². The molecule has 0 radical (unpaired) electrons. The molecule has 104 valence electrons. The zero-order valence-electron chi connectivity index (χ0n) is 11.3. The van der Waals surface area contributed by atoms with Gasteiger partial charge in [0.25, 0.3) is 0 Å². The summed E-state index contributed by atoms with van der Waals surface area (Å²) in [6, 6.07) is 8.82. The average Bonchev–Trinajstić information content (AvgIpc) is 3.28. The minimum Gasteiger partial charge on any atom is -0.329 e. The van der Waals surface area contributed by atoms with E-state index in [-0.39, 0.29) is 0 Å². The van der Waals surface area contributed by atoms with Gasteiger partial charge >= 0.3 is 0 Å². The van der Waals surface area contributed by atoms with Gasteiger partial charge in [0.2, 0.25) is 0 Å². The SMILES string of the molecule is NCC(NCC(C1CC1)C1CC1)c1ccc(Br)cc1. The largest absolute Gasteiger partial charge is 0.329 e. The Labute approximate surface area is 124 Å². The molecule has 3 rings (SSSR count). The van der Waals surface area contributed by atoms with Crippen LogP contribution in [0.25, 0.3) is 0 Å². The van der Waals surface area contributed by atoms with Gasteiger partial charge < -0.3 is 11.1 Å². The van der Waals surface area contributed by atoms with Crippen LogP contribution in [0.15, 0.2) is 28.7 Å². The first-order chi connectivity index (χ1) is 9.28. The minimum absolute atomic E-state index is 0.299. The molecule has 2 aliphatic rings. The van der Waals surface area contributed by atoms with Crippen molar-refractivity contribution in [1.82, 2.24) is 5.32 Å². The molecular weight excluding hydrogens is 300 g/mol. The molecule has 2 fully saturated rings. The zero-order valence-corrected chi connectivity index (χ0v) is 12.9. The second-order valence-corrected chi connectivity index (χ2v) is 7.00. The fourth-order valence-corrected chi connectivity index (χ4v) is 3.34. The highest BCUT2D eigenvalue weighted by molar-refractivity contribution is 9.10. The van der Waals surface area contributed by atoms with Crippen LogP contribution in [0.2, 0.25) is 0 Å². The van der Waals surface area contributed by atoms with Crippen molar-refractivity contribution in [3.8, 4) is 0 Å². The topological polar surface area (TPSA) is 38.0 Å². The summed E-state index contributed by atoms with van der Waals surface area (Å²) in [6.07, 6.45) is 5.81. The Bertz CT molecular complexity index is 397. The van der Waals surface area contributed by atoms with Crippen molar-refractivity contribution in [2.24, 2.45) is 23.5 Å². The van der Waals surface area contributed by atoms with E-state index in [9.17, 15) is 0 Å². The van der Waals surface area contributed by atoms with Gasteiger partial charge in [-0.15, -0.1) is 0 Å². The van der Waals surface area contributed by atoms with Crippen molar-refractivity contribution in [2.75, 3.05) is 13.1 Å². The summed E-state index contributed by atoms with van der Waals surface area (Å²) in [5.41, 5.74) is 7.24. The molecule has 0 saturated heterocycles. The monoisotopic (exact) mass is 322 g/mol. The van der Waals surface area contributed by atoms with Crippen LogP contribution in [-0.2, 0) is 0 Å². The average molecular weight is 323 g/mol. The molecule has 3 heteroatoms. The molecule has 1 aromatic carbocycles. The number of hydrogen-bond donors (Lipinski definition) is 2. The normalized spacial score (nSPS) is 20.8. The van der Waals surface area contributed by atoms with E-state index in [4.69, 9.17) is 5.73 Å². The quantitative estimate of drug-likeness (QED) is 0.806. The standard InChI is InChI=1S/C16H23BrN2/c17-14-7-5-13(6-8-14)16(9-18)19-10-15(11-1-2-11)12-3-4-12/h5-8,11-12,15-16,19H,1-4,9-10,18H2. The fraction of sp³-hybridized carbons (Fsp3) is 0.625. The first-order valence-corrected chi connectivity index (χ1v) is 8.26. The Balaban J connectivity index is 1.58. The van der Waals surface area contributed by atoms with E-state index in [1.807, 2.05) is 0 Å². The first kappa shape index (κ1) is 13.6. The van der Waals surface area contributed by atoms with E-state index in [0.29, 0.717) is 12.6 Å². The lowest BCUT2D eigenvalue weighted by Crippen LogP contribution is -2.33. The lowest BCUT2D eigenvalue weighted by molar-refractivity contribution is 0.357. The Kier molecular flexibility index (Phi) is 4.25. The van der Waals surface area contributed by atoms with Gasteiger partial charge in [0.05, 0.1) is 0 Å². The molecule has 0 spiro atoms. The molecule has 1 aromatic rings. The van der Waals surface area contributed by atoms with Gasteiger partial charge in [-0.2, -0.15) is 0 Å². The van der Waals surface area contributed by atoms with E-state index in [0.717, 1.165) is 28.8 Å². The lowest BCUT2D eigenvalue weighted by atomic mass is 9.97. The third-order valence-electron chi connectivity index (χ3n) is 4.56. The highest BCUT2D eigenvalue weighted by Gasteiger charge is 2.41. The van der Waals surface area contributed by atoms with Gasteiger partial charge in [-0.1, -0.05) is 28.1 Å². The van der Waals surface area contributed by atoms with Crippen molar-refractivity contribution >= 4 is 15.9 Å². The number of rotatable bonds is 7. The van der Waals surface area contributed by atoms with Gasteiger partial charge in [0.15, 0.2) is 0 Å². The third-order valence-corrected chi connectivity index (χ3v) is 5.09. The smallest absolute Gasteiger partial charge is 0.0444 e. The molecule has 2 saturated carbocycles. The fourth-order valence-electron chi connectivity index (χ4n) is 3.08. The van der Waals surface area contributed by atoms with Gasteiger partial charge in [-0.25, -0.2) is 0 Å². The molecular formula is C16H23BrN2. The van der Waals surface area contributed by atoms with E-state index in [1.165, 1.54) is 31.2 Å². The lowest BCUT2D eigenvalue weighted by Gasteiger charge is -2.22. The van der Waals surface area contributed by atoms with Crippen LogP contribution in [0.4, 0.5) is 0 Å². The molecule has 0 aromatic heterocycles. The summed E-state index contributed by atoms with van der Waals surface area (Å²) >= 11 is 3.48. The molecule has 3 N–H and O–H groups in total. The Morgan fingerprint density at radius 1 is 1.11 bits per heavy atom. The molecule has 0 heterocycles. The van der Waals surface area contributed by atoms with Gasteiger partial charge in [-0.05, 0) is 67.7 Å². The summed E-state index contributed by atoms with van der Waals surface area (Å²) in [4.78, 5) is 0. The minimum atomic E-state index is 0.299. The van der Waals surface area contributed by atoms with Crippen LogP contribution < -0.4 is 11.1 Å². The molecule has 0 bridgehead atoms. The van der Waals surface area contributed by atoms with Crippen molar-refractivity contribution in [2.45, 2.75) is 31.7 Å². The maximum absolute atomic E-state index is 5.94. The molecule has 2 nitrogen and oxygen atoms in total. The predicted molar refractivity (Wildman–Crippen MR) is 82.9 cm³/mol. The van der Waals surface area contributed by atoms with Crippen LogP contribution in [-0.4, -0.2) is 13.1 Å². The first-order valence-electron chi connectivity index (χ1n) is 7.47. The summed E-state index contributed by atoms with van der Waals surface area (Å²) in [5.74, 6) is 2.91. The summed E-state index contributed by atoms with van der Waals surface area (Å²) in [6.45, 7) is 1.82. The van der Waals surface area contributed by atoms with E-state index in [2.05, 4.69) is 45.5 Å².